The van der Waals surface area contributed by atoms with Crippen molar-refractivity contribution in [2.24, 2.45) is 5.92 Å². The summed E-state index contributed by atoms with van der Waals surface area (Å²) in [6.07, 6.45) is 2.55. The largest absolute Gasteiger partial charge is 0.311 e. The average Bonchev–Trinajstić information content (AvgIpc) is 3.31. The van der Waals surface area contributed by atoms with Gasteiger partial charge >= 0.3 is 0 Å². The van der Waals surface area contributed by atoms with Crippen LogP contribution in [0.3, 0.4) is 0 Å². The molecule has 4 nitrogen and oxygen atoms in total. The van der Waals surface area contributed by atoms with Crippen molar-refractivity contribution in [2.75, 3.05) is 5.32 Å². The fraction of sp³-hybridized carbons (Fsp3) is 0.238. The Balaban J connectivity index is 1.43. The van der Waals surface area contributed by atoms with Crippen molar-refractivity contribution in [3.05, 3.63) is 82.5 Å². The van der Waals surface area contributed by atoms with Gasteiger partial charge in [-0.05, 0) is 36.5 Å². The van der Waals surface area contributed by atoms with Gasteiger partial charge in [-0.15, -0.1) is 0 Å². The zero-order chi connectivity index (χ0) is 18.1. The SMILES string of the molecule is Cc1cccc(Cn2nccc2NC(=O)C2CC2c2ccccc2Cl)c1. The summed E-state index contributed by atoms with van der Waals surface area (Å²) in [5, 5.41) is 8.10. The predicted octanol–water partition coefficient (Wildman–Crippen LogP) is 4.64. The fourth-order valence-electron chi connectivity index (χ4n) is 3.37. The lowest BCUT2D eigenvalue weighted by atomic mass is 10.1. The lowest BCUT2D eigenvalue weighted by molar-refractivity contribution is -0.117. The molecule has 1 fully saturated rings. The van der Waals surface area contributed by atoms with Gasteiger partial charge in [-0.25, -0.2) is 4.68 Å². The van der Waals surface area contributed by atoms with Crippen molar-refractivity contribution in [3.8, 4) is 0 Å². The van der Waals surface area contributed by atoms with Crippen molar-refractivity contribution in [1.29, 1.82) is 0 Å². The van der Waals surface area contributed by atoms with E-state index in [1.54, 1.807) is 6.20 Å². The van der Waals surface area contributed by atoms with Gasteiger partial charge in [-0.2, -0.15) is 5.10 Å². The second-order valence-electron chi connectivity index (χ2n) is 6.82. The summed E-state index contributed by atoms with van der Waals surface area (Å²) in [5.41, 5.74) is 3.42. The van der Waals surface area contributed by atoms with Crippen LogP contribution >= 0.6 is 11.6 Å². The van der Waals surface area contributed by atoms with Crippen LogP contribution in [-0.4, -0.2) is 15.7 Å². The zero-order valence-corrected chi connectivity index (χ0v) is 15.3. The van der Waals surface area contributed by atoms with Crippen molar-refractivity contribution in [3.63, 3.8) is 0 Å². The number of aryl methyl sites for hydroxylation is 1. The van der Waals surface area contributed by atoms with E-state index in [1.165, 1.54) is 5.56 Å². The first kappa shape index (κ1) is 16.9. The summed E-state index contributed by atoms with van der Waals surface area (Å²) in [6, 6.07) is 17.9. The normalized spacial score (nSPS) is 18.5. The van der Waals surface area contributed by atoms with Crippen LogP contribution in [-0.2, 0) is 11.3 Å². The van der Waals surface area contributed by atoms with Gasteiger partial charge in [-0.3, -0.25) is 4.79 Å². The number of carbonyl (C=O) groups excluding carboxylic acids is 1. The smallest absolute Gasteiger partial charge is 0.229 e. The van der Waals surface area contributed by atoms with E-state index in [0.29, 0.717) is 6.54 Å². The Hall–Kier alpha value is -2.59. The quantitative estimate of drug-likeness (QED) is 0.716. The highest BCUT2D eigenvalue weighted by atomic mass is 35.5. The second-order valence-corrected chi connectivity index (χ2v) is 7.23. The summed E-state index contributed by atoms with van der Waals surface area (Å²) in [4.78, 5) is 12.6. The molecule has 2 unspecified atom stereocenters. The molecule has 1 aliphatic rings. The van der Waals surface area contributed by atoms with Crippen LogP contribution in [0.4, 0.5) is 5.82 Å². The summed E-state index contributed by atoms with van der Waals surface area (Å²) in [5.74, 6) is 0.927. The highest BCUT2D eigenvalue weighted by molar-refractivity contribution is 6.31. The monoisotopic (exact) mass is 365 g/mol. The van der Waals surface area contributed by atoms with E-state index in [-0.39, 0.29) is 17.7 Å². The zero-order valence-electron chi connectivity index (χ0n) is 14.5. The highest BCUT2D eigenvalue weighted by Crippen LogP contribution is 2.49. The van der Waals surface area contributed by atoms with Crippen LogP contribution in [0.25, 0.3) is 0 Å². The first-order chi connectivity index (χ1) is 12.6. The fourth-order valence-corrected chi connectivity index (χ4v) is 3.65. The van der Waals surface area contributed by atoms with E-state index in [1.807, 2.05) is 41.1 Å². The molecule has 0 spiro atoms. The standard InChI is InChI=1S/C21H20ClN3O/c1-14-5-4-6-15(11-14)13-25-20(9-10-23-25)24-21(26)18-12-17(18)16-7-2-3-8-19(16)22/h2-11,17-18H,12-13H2,1H3,(H,24,26). The number of nitrogens with zero attached hydrogens (tertiary/aromatic N) is 2. The van der Waals surface area contributed by atoms with Crippen molar-refractivity contribution in [2.45, 2.75) is 25.8 Å². The van der Waals surface area contributed by atoms with Gasteiger partial charge < -0.3 is 5.32 Å². The Bertz CT molecular complexity index is 950. The molecule has 4 rings (SSSR count). The molecule has 132 valence electrons. The Kier molecular flexibility index (Phi) is 4.51. The minimum atomic E-state index is -0.0304. The van der Waals surface area contributed by atoms with Crippen LogP contribution < -0.4 is 5.32 Å². The Morgan fingerprint density at radius 1 is 1.23 bits per heavy atom. The summed E-state index contributed by atoms with van der Waals surface area (Å²) >= 11 is 6.25. The molecule has 26 heavy (non-hydrogen) atoms. The van der Waals surface area contributed by atoms with Crippen molar-refractivity contribution in [1.82, 2.24) is 9.78 Å². The van der Waals surface area contributed by atoms with Gasteiger partial charge in [0, 0.05) is 17.0 Å². The van der Waals surface area contributed by atoms with Gasteiger partial charge in [0.25, 0.3) is 0 Å². The molecule has 0 radical (unpaired) electrons. The van der Waals surface area contributed by atoms with E-state index in [2.05, 4.69) is 35.5 Å². The number of anilines is 1. The van der Waals surface area contributed by atoms with E-state index < -0.39 is 0 Å². The van der Waals surface area contributed by atoms with E-state index >= 15 is 0 Å². The molecule has 1 aliphatic carbocycles. The predicted molar refractivity (Wildman–Crippen MR) is 103 cm³/mol. The molecule has 1 aromatic heterocycles. The van der Waals surface area contributed by atoms with Crippen LogP contribution in [0, 0.1) is 12.8 Å². The maximum absolute atomic E-state index is 12.6. The molecule has 1 heterocycles. The molecule has 0 bridgehead atoms. The number of hydrogen-bond donors (Lipinski definition) is 1. The van der Waals surface area contributed by atoms with E-state index in [9.17, 15) is 4.79 Å². The molecule has 1 saturated carbocycles. The topological polar surface area (TPSA) is 46.9 Å². The summed E-state index contributed by atoms with van der Waals surface area (Å²) in [7, 11) is 0. The van der Waals surface area contributed by atoms with E-state index in [4.69, 9.17) is 11.6 Å². The number of amides is 1. The average molecular weight is 366 g/mol. The van der Waals surface area contributed by atoms with Crippen LogP contribution in [0.2, 0.25) is 5.02 Å². The minimum Gasteiger partial charge on any atom is -0.311 e. The third kappa shape index (κ3) is 3.51. The Labute approximate surface area is 157 Å². The van der Waals surface area contributed by atoms with Gasteiger partial charge in [0.15, 0.2) is 0 Å². The van der Waals surface area contributed by atoms with Gasteiger partial charge in [0.1, 0.15) is 5.82 Å². The Morgan fingerprint density at radius 2 is 2.08 bits per heavy atom. The second kappa shape index (κ2) is 6.96. The Morgan fingerprint density at radius 3 is 2.88 bits per heavy atom. The first-order valence-corrected chi connectivity index (χ1v) is 9.12. The number of benzene rings is 2. The number of nitrogens with one attached hydrogen (secondary N) is 1. The molecule has 1 N–H and O–H groups in total. The third-order valence-electron chi connectivity index (χ3n) is 4.81. The van der Waals surface area contributed by atoms with Gasteiger partial charge in [0.05, 0.1) is 12.7 Å². The first-order valence-electron chi connectivity index (χ1n) is 8.74. The molecule has 2 aromatic carbocycles. The van der Waals surface area contributed by atoms with Gasteiger partial charge in [0.2, 0.25) is 5.91 Å². The lowest BCUT2D eigenvalue weighted by Gasteiger charge is -2.10. The highest BCUT2D eigenvalue weighted by Gasteiger charge is 2.45. The maximum Gasteiger partial charge on any atom is 0.229 e. The number of rotatable bonds is 5. The van der Waals surface area contributed by atoms with Crippen molar-refractivity contribution >= 4 is 23.3 Å². The molecule has 5 heteroatoms. The molecular formula is C21H20ClN3O. The molecule has 1 amide bonds. The lowest BCUT2D eigenvalue weighted by Crippen LogP contribution is -2.18. The van der Waals surface area contributed by atoms with Crippen LogP contribution in [0.5, 0.6) is 0 Å². The van der Waals surface area contributed by atoms with Crippen LogP contribution in [0.15, 0.2) is 60.8 Å². The molecule has 2 atom stereocenters. The van der Waals surface area contributed by atoms with Crippen LogP contribution in [0.1, 0.15) is 29.0 Å². The molecule has 0 saturated heterocycles. The molecular weight excluding hydrogens is 346 g/mol. The number of carbonyl (C=O) groups is 1. The minimum absolute atomic E-state index is 0.0286. The molecule has 3 aromatic rings. The van der Waals surface area contributed by atoms with Crippen molar-refractivity contribution < 1.29 is 4.79 Å². The number of aromatic nitrogens is 2. The summed E-state index contributed by atoms with van der Waals surface area (Å²) in [6.45, 7) is 2.69. The summed E-state index contributed by atoms with van der Waals surface area (Å²) < 4.78 is 1.82. The number of hydrogen-bond acceptors (Lipinski definition) is 2. The third-order valence-corrected chi connectivity index (χ3v) is 5.16. The van der Waals surface area contributed by atoms with E-state index in [0.717, 1.165) is 28.4 Å². The molecule has 0 aliphatic heterocycles. The maximum atomic E-state index is 12.6. The number of halogens is 1. The van der Waals surface area contributed by atoms with Gasteiger partial charge in [-0.1, -0.05) is 59.6 Å².